The summed E-state index contributed by atoms with van der Waals surface area (Å²) < 4.78 is 3.68. The highest BCUT2D eigenvalue weighted by Crippen LogP contribution is 2.28. The van der Waals surface area contributed by atoms with Gasteiger partial charge in [-0.25, -0.2) is 0 Å². The molecule has 0 saturated carbocycles. The van der Waals surface area contributed by atoms with Crippen molar-refractivity contribution in [2.75, 3.05) is 14.1 Å². The van der Waals surface area contributed by atoms with E-state index in [4.69, 9.17) is 0 Å². The quantitative estimate of drug-likeness (QED) is 0.738. The third-order valence-corrected chi connectivity index (χ3v) is 5.04. The molecule has 130 valence electrons. The van der Waals surface area contributed by atoms with Crippen molar-refractivity contribution < 1.29 is 0 Å². The highest BCUT2D eigenvalue weighted by atomic mass is 16.1. The second kappa shape index (κ2) is 6.15. The van der Waals surface area contributed by atoms with Crippen molar-refractivity contribution in [2.45, 2.75) is 32.2 Å². The fourth-order valence-electron chi connectivity index (χ4n) is 3.98. The predicted octanol–water partition coefficient (Wildman–Crippen LogP) is 2.66. The molecule has 4 rings (SSSR count). The lowest BCUT2D eigenvalue weighted by molar-refractivity contribution is 0.402. The van der Waals surface area contributed by atoms with Gasteiger partial charge < -0.3 is 4.90 Å². The molecule has 0 aliphatic heterocycles. The van der Waals surface area contributed by atoms with Gasteiger partial charge in [0.25, 0.3) is 5.56 Å². The van der Waals surface area contributed by atoms with E-state index in [2.05, 4.69) is 36.2 Å². The number of benzene rings is 1. The van der Waals surface area contributed by atoms with Crippen LogP contribution >= 0.6 is 0 Å². The van der Waals surface area contributed by atoms with E-state index < -0.39 is 0 Å². The van der Waals surface area contributed by atoms with E-state index in [-0.39, 0.29) is 5.56 Å². The Morgan fingerprint density at radius 1 is 1.16 bits per heavy atom. The van der Waals surface area contributed by atoms with Crippen molar-refractivity contribution in [2.24, 2.45) is 7.05 Å². The first-order valence-electron chi connectivity index (χ1n) is 8.89. The van der Waals surface area contributed by atoms with Crippen LogP contribution in [0.4, 0.5) is 0 Å². The lowest BCUT2D eigenvalue weighted by Crippen LogP contribution is -2.27. The molecule has 5 nitrogen and oxygen atoms in total. The molecule has 3 aromatic rings. The lowest BCUT2D eigenvalue weighted by Gasteiger charge is -2.20. The van der Waals surface area contributed by atoms with Gasteiger partial charge >= 0.3 is 0 Å². The summed E-state index contributed by atoms with van der Waals surface area (Å²) >= 11 is 0. The van der Waals surface area contributed by atoms with Gasteiger partial charge in [0.15, 0.2) is 0 Å². The Bertz CT molecular complexity index is 997. The molecular formula is C20H24N4O. The Balaban J connectivity index is 2.00. The van der Waals surface area contributed by atoms with Crippen molar-refractivity contribution in [1.82, 2.24) is 19.2 Å². The third-order valence-electron chi connectivity index (χ3n) is 5.04. The molecule has 0 fully saturated rings. The normalized spacial score (nSPS) is 14.2. The zero-order chi connectivity index (χ0) is 17.6. The molecule has 1 aliphatic rings. The van der Waals surface area contributed by atoms with Gasteiger partial charge in [-0.05, 0) is 63.0 Å². The SMILES string of the molecule is CN(C)Cc1cccc(-n2c(=O)c3c(c4cnn(C)c42)CCCC3)c1. The number of hydrogen-bond acceptors (Lipinski definition) is 3. The predicted molar refractivity (Wildman–Crippen MR) is 100 cm³/mol. The molecule has 0 unspecified atom stereocenters. The van der Waals surface area contributed by atoms with E-state index >= 15 is 0 Å². The molecule has 0 spiro atoms. The summed E-state index contributed by atoms with van der Waals surface area (Å²) in [6.07, 6.45) is 6.01. The summed E-state index contributed by atoms with van der Waals surface area (Å²) in [4.78, 5) is 15.5. The Morgan fingerprint density at radius 3 is 2.68 bits per heavy atom. The van der Waals surface area contributed by atoms with Crippen LogP contribution in [0.15, 0.2) is 35.3 Å². The van der Waals surface area contributed by atoms with Crippen LogP contribution in [0.3, 0.4) is 0 Å². The third kappa shape index (κ3) is 2.68. The van der Waals surface area contributed by atoms with E-state index in [0.717, 1.165) is 54.5 Å². The molecule has 5 heteroatoms. The van der Waals surface area contributed by atoms with Crippen molar-refractivity contribution in [1.29, 1.82) is 0 Å². The van der Waals surface area contributed by atoms with Crippen LogP contribution in [0.1, 0.15) is 29.5 Å². The first-order valence-corrected chi connectivity index (χ1v) is 8.89. The first-order chi connectivity index (χ1) is 12.1. The summed E-state index contributed by atoms with van der Waals surface area (Å²) in [6, 6.07) is 8.26. The highest BCUT2D eigenvalue weighted by Gasteiger charge is 2.22. The van der Waals surface area contributed by atoms with Gasteiger partial charge in [0, 0.05) is 24.5 Å². The molecule has 0 saturated heterocycles. The summed E-state index contributed by atoms with van der Waals surface area (Å²) in [5, 5.41) is 5.57. The van der Waals surface area contributed by atoms with Crippen LogP contribution in [0.5, 0.6) is 0 Å². The van der Waals surface area contributed by atoms with Crippen LogP contribution in [-0.2, 0) is 26.4 Å². The number of hydrogen-bond donors (Lipinski definition) is 0. The van der Waals surface area contributed by atoms with E-state index in [1.54, 1.807) is 0 Å². The Morgan fingerprint density at radius 2 is 1.92 bits per heavy atom. The fourth-order valence-corrected chi connectivity index (χ4v) is 3.98. The summed E-state index contributed by atoms with van der Waals surface area (Å²) in [6.45, 7) is 0.849. The van der Waals surface area contributed by atoms with E-state index in [1.807, 2.05) is 34.6 Å². The van der Waals surface area contributed by atoms with Gasteiger partial charge in [-0.15, -0.1) is 0 Å². The molecule has 0 radical (unpaired) electrons. The first kappa shape index (κ1) is 16.1. The maximum atomic E-state index is 13.3. The fraction of sp³-hybridized carbons (Fsp3) is 0.400. The molecule has 25 heavy (non-hydrogen) atoms. The minimum Gasteiger partial charge on any atom is -0.305 e. The smallest absolute Gasteiger partial charge is 0.260 e. The van der Waals surface area contributed by atoms with Gasteiger partial charge in [-0.3, -0.25) is 14.0 Å². The molecular weight excluding hydrogens is 312 g/mol. The molecule has 0 bridgehead atoms. The second-order valence-electron chi connectivity index (χ2n) is 7.22. The van der Waals surface area contributed by atoms with E-state index in [1.165, 1.54) is 11.1 Å². The molecule has 0 amide bonds. The van der Waals surface area contributed by atoms with Gasteiger partial charge in [-0.2, -0.15) is 5.10 Å². The minimum atomic E-state index is 0.118. The van der Waals surface area contributed by atoms with E-state index in [9.17, 15) is 4.79 Å². The number of pyridine rings is 1. The van der Waals surface area contributed by atoms with Crippen molar-refractivity contribution >= 4 is 11.0 Å². The van der Waals surface area contributed by atoms with Crippen LogP contribution in [0, 0.1) is 0 Å². The Labute approximate surface area is 147 Å². The number of nitrogens with zero attached hydrogens (tertiary/aromatic N) is 4. The Kier molecular flexibility index (Phi) is 3.96. The monoisotopic (exact) mass is 336 g/mol. The second-order valence-corrected chi connectivity index (χ2v) is 7.22. The summed E-state index contributed by atoms with van der Waals surface area (Å²) in [5.41, 5.74) is 5.32. The maximum absolute atomic E-state index is 13.3. The molecule has 2 aromatic heterocycles. The van der Waals surface area contributed by atoms with Crippen molar-refractivity contribution in [3.8, 4) is 5.69 Å². The minimum absolute atomic E-state index is 0.118. The van der Waals surface area contributed by atoms with Crippen molar-refractivity contribution in [3.05, 3.63) is 57.5 Å². The van der Waals surface area contributed by atoms with Gasteiger partial charge in [0.05, 0.1) is 11.9 Å². The molecule has 1 aromatic carbocycles. The van der Waals surface area contributed by atoms with Crippen molar-refractivity contribution in [3.63, 3.8) is 0 Å². The Hall–Kier alpha value is -2.40. The zero-order valence-corrected chi connectivity index (χ0v) is 15.1. The number of rotatable bonds is 3. The number of fused-ring (bicyclic) bond motifs is 3. The van der Waals surface area contributed by atoms with Crippen LogP contribution < -0.4 is 5.56 Å². The van der Waals surface area contributed by atoms with Gasteiger partial charge in [0.2, 0.25) is 0 Å². The largest absolute Gasteiger partial charge is 0.305 e. The molecule has 0 N–H and O–H groups in total. The molecule has 2 heterocycles. The van der Waals surface area contributed by atoms with Gasteiger partial charge in [0.1, 0.15) is 5.65 Å². The van der Waals surface area contributed by atoms with E-state index in [0.29, 0.717) is 0 Å². The molecule has 0 atom stereocenters. The topological polar surface area (TPSA) is 43.1 Å². The molecule has 1 aliphatic carbocycles. The van der Waals surface area contributed by atoms with Crippen LogP contribution in [0.2, 0.25) is 0 Å². The maximum Gasteiger partial charge on any atom is 0.260 e. The standard InChI is InChI=1S/C20H24N4O/c1-22(2)13-14-7-6-8-15(11-14)24-19-18(12-21-23(19)3)16-9-4-5-10-17(16)20(24)25/h6-8,11-12H,4-5,9-10,13H2,1-3H3. The number of aromatic nitrogens is 3. The average molecular weight is 336 g/mol. The lowest BCUT2D eigenvalue weighted by atomic mass is 9.91. The van der Waals surface area contributed by atoms with Gasteiger partial charge in [-0.1, -0.05) is 12.1 Å². The summed E-state index contributed by atoms with van der Waals surface area (Å²) in [7, 11) is 6.02. The highest BCUT2D eigenvalue weighted by molar-refractivity contribution is 5.82. The number of aryl methyl sites for hydroxylation is 2. The summed E-state index contributed by atoms with van der Waals surface area (Å²) in [5.74, 6) is 0. The zero-order valence-electron chi connectivity index (χ0n) is 15.1. The average Bonchev–Trinajstić information content (AvgIpc) is 2.97. The van der Waals surface area contributed by atoms with Crippen LogP contribution in [0.25, 0.3) is 16.7 Å². The van der Waals surface area contributed by atoms with Crippen LogP contribution in [-0.4, -0.2) is 33.3 Å².